The first-order valence-electron chi connectivity index (χ1n) is 7.23. The fourth-order valence-corrected chi connectivity index (χ4v) is 2.55. The molecule has 0 aliphatic carbocycles. The van der Waals surface area contributed by atoms with Gasteiger partial charge in [-0.3, -0.25) is 20.4 Å². The van der Waals surface area contributed by atoms with Crippen molar-refractivity contribution in [1.82, 2.24) is 21.0 Å². The first-order valence-corrected chi connectivity index (χ1v) is 8.11. The smallest absolute Gasteiger partial charge is 0.279 e. The maximum Gasteiger partial charge on any atom is 0.279 e. The van der Waals surface area contributed by atoms with Gasteiger partial charge in [-0.2, -0.15) is 0 Å². The SMILES string of the molecule is O=C(CCc1nnc(-c2ccccc2)o1)NNC(=O)c1cccs1. The van der Waals surface area contributed by atoms with E-state index in [0.29, 0.717) is 23.1 Å². The summed E-state index contributed by atoms with van der Waals surface area (Å²) in [7, 11) is 0. The highest BCUT2D eigenvalue weighted by molar-refractivity contribution is 7.12. The molecule has 2 N–H and O–H groups in total. The van der Waals surface area contributed by atoms with Gasteiger partial charge in [0.05, 0.1) is 4.88 Å². The van der Waals surface area contributed by atoms with Crippen molar-refractivity contribution < 1.29 is 14.0 Å². The van der Waals surface area contributed by atoms with E-state index in [4.69, 9.17) is 4.42 Å². The first kappa shape index (κ1) is 15.9. The van der Waals surface area contributed by atoms with Crippen molar-refractivity contribution >= 4 is 23.2 Å². The first-order chi connectivity index (χ1) is 11.7. The van der Waals surface area contributed by atoms with Crippen LogP contribution in [0.1, 0.15) is 22.0 Å². The van der Waals surface area contributed by atoms with Gasteiger partial charge in [0.1, 0.15) is 0 Å². The van der Waals surface area contributed by atoms with Crippen molar-refractivity contribution in [3.05, 3.63) is 58.6 Å². The van der Waals surface area contributed by atoms with Crippen LogP contribution in [-0.2, 0) is 11.2 Å². The van der Waals surface area contributed by atoms with Crippen molar-refractivity contribution in [2.45, 2.75) is 12.8 Å². The van der Waals surface area contributed by atoms with Crippen LogP contribution in [0, 0.1) is 0 Å². The Balaban J connectivity index is 1.46. The number of hydrazine groups is 1. The maximum absolute atomic E-state index is 11.8. The van der Waals surface area contributed by atoms with Gasteiger partial charge < -0.3 is 4.42 Å². The van der Waals surface area contributed by atoms with Gasteiger partial charge in [-0.15, -0.1) is 21.5 Å². The summed E-state index contributed by atoms with van der Waals surface area (Å²) < 4.78 is 5.52. The number of hydrogen-bond donors (Lipinski definition) is 2. The molecule has 0 aliphatic rings. The lowest BCUT2D eigenvalue weighted by atomic mass is 10.2. The monoisotopic (exact) mass is 342 g/mol. The molecule has 24 heavy (non-hydrogen) atoms. The van der Waals surface area contributed by atoms with Gasteiger partial charge in [0.15, 0.2) is 0 Å². The molecule has 1 aromatic carbocycles. The molecule has 0 atom stereocenters. The zero-order valence-electron chi connectivity index (χ0n) is 12.6. The predicted molar refractivity (Wildman–Crippen MR) is 88.0 cm³/mol. The average molecular weight is 342 g/mol. The molecule has 0 fully saturated rings. The van der Waals surface area contributed by atoms with Gasteiger partial charge >= 0.3 is 0 Å². The molecule has 3 aromatic rings. The molecule has 8 heteroatoms. The van der Waals surface area contributed by atoms with Crippen molar-refractivity contribution in [3.8, 4) is 11.5 Å². The predicted octanol–water partition coefficient (Wildman–Crippen LogP) is 2.19. The molecule has 0 radical (unpaired) electrons. The topological polar surface area (TPSA) is 97.1 Å². The van der Waals surface area contributed by atoms with Crippen LogP contribution in [0.4, 0.5) is 0 Å². The summed E-state index contributed by atoms with van der Waals surface area (Å²) >= 11 is 1.30. The van der Waals surface area contributed by atoms with Crippen molar-refractivity contribution in [2.24, 2.45) is 0 Å². The zero-order chi connectivity index (χ0) is 16.8. The largest absolute Gasteiger partial charge is 0.421 e. The second-order valence-electron chi connectivity index (χ2n) is 4.85. The van der Waals surface area contributed by atoms with Crippen LogP contribution in [0.5, 0.6) is 0 Å². The van der Waals surface area contributed by atoms with Gasteiger partial charge in [-0.05, 0) is 23.6 Å². The molecular formula is C16H14N4O3S. The Morgan fingerprint density at radius 3 is 2.62 bits per heavy atom. The number of thiophene rings is 1. The standard InChI is InChI=1S/C16H14N4O3S/c21-13(17-19-15(22)12-7-4-10-24-12)8-9-14-18-20-16(23-14)11-5-2-1-3-6-11/h1-7,10H,8-9H2,(H,17,21)(H,19,22). The van der Waals surface area contributed by atoms with Crippen LogP contribution >= 0.6 is 11.3 Å². The molecule has 2 aromatic heterocycles. The quantitative estimate of drug-likeness (QED) is 0.693. The van der Waals surface area contributed by atoms with Gasteiger partial charge in [0.25, 0.3) is 5.91 Å². The zero-order valence-corrected chi connectivity index (χ0v) is 13.4. The van der Waals surface area contributed by atoms with E-state index < -0.39 is 0 Å². The average Bonchev–Trinajstić information content (AvgIpc) is 3.30. The van der Waals surface area contributed by atoms with Crippen molar-refractivity contribution in [3.63, 3.8) is 0 Å². The summed E-state index contributed by atoms with van der Waals surface area (Å²) in [5, 5.41) is 9.66. The minimum absolute atomic E-state index is 0.126. The highest BCUT2D eigenvalue weighted by atomic mass is 32.1. The van der Waals surface area contributed by atoms with Crippen LogP contribution in [0.15, 0.2) is 52.3 Å². The van der Waals surface area contributed by atoms with Crippen molar-refractivity contribution in [2.75, 3.05) is 0 Å². The van der Waals surface area contributed by atoms with E-state index in [0.717, 1.165) is 5.56 Å². The van der Waals surface area contributed by atoms with Gasteiger partial charge in [0.2, 0.25) is 17.7 Å². The van der Waals surface area contributed by atoms with Crippen LogP contribution in [0.2, 0.25) is 0 Å². The fourth-order valence-electron chi connectivity index (χ4n) is 1.93. The lowest BCUT2D eigenvalue weighted by Crippen LogP contribution is -2.41. The van der Waals surface area contributed by atoms with Crippen LogP contribution in [-0.4, -0.2) is 22.0 Å². The third-order valence-electron chi connectivity index (χ3n) is 3.11. The number of rotatable bonds is 5. The lowest BCUT2D eigenvalue weighted by molar-refractivity contribution is -0.121. The number of benzene rings is 1. The number of carbonyl (C=O) groups excluding carboxylic acids is 2. The van der Waals surface area contributed by atoms with Gasteiger partial charge in [-0.25, -0.2) is 0 Å². The third kappa shape index (κ3) is 4.05. The number of hydrogen-bond acceptors (Lipinski definition) is 6. The highest BCUT2D eigenvalue weighted by Gasteiger charge is 2.11. The van der Waals surface area contributed by atoms with E-state index >= 15 is 0 Å². The Labute approximate surface area is 141 Å². The van der Waals surface area contributed by atoms with E-state index in [1.807, 2.05) is 30.3 Å². The summed E-state index contributed by atoms with van der Waals surface area (Å²) in [6, 6.07) is 12.8. The third-order valence-corrected chi connectivity index (χ3v) is 3.98. The molecule has 7 nitrogen and oxygen atoms in total. The summed E-state index contributed by atoms with van der Waals surface area (Å²) in [5.41, 5.74) is 5.54. The second kappa shape index (κ2) is 7.51. The summed E-state index contributed by atoms with van der Waals surface area (Å²) in [4.78, 5) is 24.0. The Bertz CT molecular complexity index is 815. The molecule has 0 saturated carbocycles. The Kier molecular flexibility index (Phi) is 4.97. The van der Waals surface area contributed by atoms with E-state index in [-0.39, 0.29) is 18.2 Å². The van der Waals surface area contributed by atoms with Gasteiger partial charge in [0, 0.05) is 18.4 Å². The number of amides is 2. The Morgan fingerprint density at radius 1 is 1.04 bits per heavy atom. The van der Waals surface area contributed by atoms with E-state index in [1.165, 1.54) is 11.3 Å². The maximum atomic E-state index is 11.8. The fraction of sp³-hybridized carbons (Fsp3) is 0.125. The van der Waals surface area contributed by atoms with Gasteiger partial charge in [-0.1, -0.05) is 24.3 Å². The minimum Gasteiger partial charge on any atom is -0.421 e. The lowest BCUT2D eigenvalue weighted by Gasteiger charge is -2.04. The molecule has 2 heterocycles. The summed E-state index contributed by atoms with van der Waals surface area (Å²) in [5.74, 6) is 0.104. The number of aromatic nitrogens is 2. The number of nitrogens with zero attached hydrogens (tertiary/aromatic N) is 2. The Morgan fingerprint density at radius 2 is 1.88 bits per heavy atom. The molecular weight excluding hydrogens is 328 g/mol. The molecule has 122 valence electrons. The number of nitrogens with one attached hydrogen (secondary N) is 2. The molecule has 3 rings (SSSR count). The summed E-state index contributed by atoms with van der Waals surface area (Å²) in [6.07, 6.45) is 0.418. The van der Waals surface area contributed by atoms with Crippen LogP contribution < -0.4 is 10.9 Å². The normalized spacial score (nSPS) is 10.3. The van der Waals surface area contributed by atoms with E-state index in [9.17, 15) is 9.59 Å². The van der Waals surface area contributed by atoms with E-state index in [1.54, 1.807) is 17.5 Å². The molecule has 0 spiro atoms. The number of aryl methyl sites for hydroxylation is 1. The Hall–Kier alpha value is -3.00. The van der Waals surface area contributed by atoms with Crippen LogP contribution in [0.25, 0.3) is 11.5 Å². The molecule has 0 unspecified atom stereocenters. The minimum atomic E-state index is -0.345. The molecule has 0 aliphatic heterocycles. The highest BCUT2D eigenvalue weighted by Crippen LogP contribution is 2.17. The van der Waals surface area contributed by atoms with Crippen molar-refractivity contribution in [1.29, 1.82) is 0 Å². The second-order valence-corrected chi connectivity index (χ2v) is 5.79. The molecule has 2 amide bonds. The molecule has 0 saturated heterocycles. The van der Waals surface area contributed by atoms with Crippen LogP contribution in [0.3, 0.4) is 0 Å². The summed E-state index contributed by atoms with van der Waals surface area (Å²) in [6.45, 7) is 0. The van der Waals surface area contributed by atoms with E-state index in [2.05, 4.69) is 21.0 Å². The molecule has 0 bridgehead atoms. The number of carbonyl (C=O) groups is 2.